The Bertz CT molecular complexity index is 1340. The molecule has 43 heavy (non-hydrogen) atoms. The van der Waals surface area contributed by atoms with E-state index in [0.29, 0.717) is 49.5 Å². The van der Waals surface area contributed by atoms with Crippen molar-refractivity contribution in [3.8, 4) is 28.7 Å². The minimum atomic E-state index is -0.922. The summed E-state index contributed by atoms with van der Waals surface area (Å²) in [5.74, 6) is 0.0438. The largest absolute Gasteiger partial charge is 0.504 e. The van der Waals surface area contributed by atoms with Crippen molar-refractivity contribution in [2.75, 3.05) is 20.3 Å². The van der Waals surface area contributed by atoms with E-state index in [9.17, 15) is 25.2 Å². The van der Waals surface area contributed by atoms with Gasteiger partial charge in [0.05, 0.1) is 31.6 Å². The number of carbonyl (C=O) groups is 1. The van der Waals surface area contributed by atoms with Crippen LogP contribution in [0.25, 0.3) is 0 Å². The second-order valence-corrected chi connectivity index (χ2v) is 12.2. The first-order valence-electron chi connectivity index (χ1n) is 15.2. The predicted molar refractivity (Wildman–Crippen MR) is 165 cm³/mol. The average molecular weight is 595 g/mol. The van der Waals surface area contributed by atoms with E-state index in [1.54, 1.807) is 24.3 Å². The number of nitrogens with two attached hydrogens (primary N) is 1. The van der Waals surface area contributed by atoms with Gasteiger partial charge in [0.15, 0.2) is 23.0 Å². The van der Waals surface area contributed by atoms with Crippen LogP contribution in [0.4, 0.5) is 0 Å². The molecule has 4 rings (SSSR count). The molecule has 1 saturated carbocycles. The highest BCUT2D eigenvalue weighted by Crippen LogP contribution is 2.53. The van der Waals surface area contributed by atoms with Crippen LogP contribution in [-0.4, -0.2) is 52.6 Å². The third kappa shape index (κ3) is 7.57. The molecule has 1 aliphatic carbocycles. The van der Waals surface area contributed by atoms with Crippen molar-refractivity contribution < 1.29 is 34.7 Å². The minimum Gasteiger partial charge on any atom is -0.504 e. The van der Waals surface area contributed by atoms with Crippen LogP contribution in [0.15, 0.2) is 53.9 Å². The van der Waals surface area contributed by atoms with Crippen LogP contribution in [-0.2, 0) is 17.6 Å². The average Bonchev–Trinajstić information content (AvgIpc) is 3.47. The highest BCUT2D eigenvalue weighted by atomic mass is 16.5. The summed E-state index contributed by atoms with van der Waals surface area (Å²) in [5.41, 5.74) is 8.18. The summed E-state index contributed by atoms with van der Waals surface area (Å²) in [5, 5.41) is 45.5. The Balaban J connectivity index is 1.60. The van der Waals surface area contributed by atoms with Gasteiger partial charge in [-0.1, -0.05) is 38.8 Å². The Morgan fingerprint density at radius 2 is 1.74 bits per heavy atom. The molecule has 0 aromatic heterocycles. The van der Waals surface area contributed by atoms with Gasteiger partial charge in [0.2, 0.25) is 5.75 Å². The number of rotatable bonds is 14. The normalized spacial score (nSPS) is 17.5. The maximum atomic E-state index is 14.2. The van der Waals surface area contributed by atoms with Crippen LogP contribution in [0, 0.1) is 17.3 Å². The molecule has 1 heterocycles. The van der Waals surface area contributed by atoms with Crippen molar-refractivity contribution in [3.63, 3.8) is 0 Å². The van der Waals surface area contributed by atoms with Crippen molar-refractivity contribution in [1.29, 1.82) is 0 Å². The first-order valence-corrected chi connectivity index (χ1v) is 15.2. The molecule has 0 bridgehead atoms. The molecule has 1 aliphatic heterocycles. The van der Waals surface area contributed by atoms with Gasteiger partial charge in [-0.2, -0.15) is 0 Å². The summed E-state index contributed by atoms with van der Waals surface area (Å²) in [6.07, 6.45) is 7.83. The fourth-order valence-electron chi connectivity index (χ4n) is 6.52. The Labute approximate surface area is 254 Å². The number of hydrogen-bond acceptors (Lipinski definition) is 9. The molecule has 0 unspecified atom stereocenters. The van der Waals surface area contributed by atoms with Crippen molar-refractivity contribution >= 4 is 5.78 Å². The molecule has 0 saturated heterocycles. The Morgan fingerprint density at radius 1 is 1.02 bits per heavy atom. The summed E-state index contributed by atoms with van der Waals surface area (Å²) < 4.78 is 11.0. The monoisotopic (exact) mass is 594 g/mol. The van der Waals surface area contributed by atoms with Gasteiger partial charge in [0.1, 0.15) is 5.78 Å². The van der Waals surface area contributed by atoms with Gasteiger partial charge in [-0.15, -0.1) is 0 Å². The maximum Gasteiger partial charge on any atom is 0.200 e. The highest BCUT2D eigenvalue weighted by Gasteiger charge is 2.49. The third-order valence-electron chi connectivity index (χ3n) is 8.66. The van der Waals surface area contributed by atoms with E-state index in [2.05, 4.69) is 11.4 Å². The molecule has 0 amide bonds. The molecule has 2 aromatic carbocycles. The van der Waals surface area contributed by atoms with Crippen molar-refractivity contribution in [3.05, 3.63) is 65.0 Å². The van der Waals surface area contributed by atoms with Crippen LogP contribution in [0.5, 0.6) is 28.7 Å². The summed E-state index contributed by atoms with van der Waals surface area (Å²) in [6, 6.07) is 8.24. The number of carbonyl (C=O) groups excluding carboxylic acids is 1. The summed E-state index contributed by atoms with van der Waals surface area (Å²) in [6.45, 7) is 4.92. The Morgan fingerprint density at radius 3 is 2.42 bits per heavy atom. The zero-order valence-corrected chi connectivity index (χ0v) is 25.4. The number of Topliss-reactive ketones (excluding diaryl/α,β-unsaturated/α-hetero) is 1. The molecule has 1 fully saturated rings. The van der Waals surface area contributed by atoms with E-state index in [0.717, 1.165) is 36.8 Å². The van der Waals surface area contributed by atoms with Crippen LogP contribution in [0.3, 0.4) is 0 Å². The molecule has 2 aromatic rings. The second-order valence-electron chi connectivity index (χ2n) is 12.2. The number of ether oxygens (including phenoxy) is 2. The lowest BCUT2D eigenvalue weighted by molar-refractivity contribution is -0.131. The minimum absolute atomic E-state index is 0.0463. The SMILES string of the molecule is COc1cc(CC[C@@H](O)[C@H](C(=O)CCc2cc(O)c(O)c(OCC(C)C)c2)C2(C3=CCNC(N)=C3)CCCC2)ccc1O. The van der Waals surface area contributed by atoms with E-state index in [-0.39, 0.29) is 41.1 Å². The molecule has 0 radical (unpaired) electrons. The number of aliphatic hydroxyl groups is 1. The molecule has 0 spiro atoms. The van der Waals surface area contributed by atoms with Crippen LogP contribution >= 0.6 is 0 Å². The number of phenolic OH excluding ortho intramolecular Hbond substituents is 3. The van der Waals surface area contributed by atoms with Gasteiger partial charge in [-0.25, -0.2) is 0 Å². The fourth-order valence-corrected chi connectivity index (χ4v) is 6.52. The van der Waals surface area contributed by atoms with Crippen LogP contribution in [0.1, 0.15) is 63.5 Å². The molecular weight excluding hydrogens is 548 g/mol. The lowest BCUT2D eigenvalue weighted by Crippen LogP contribution is -2.44. The van der Waals surface area contributed by atoms with E-state index in [1.165, 1.54) is 13.2 Å². The number of aliphatic hydroxyl groups excluding tert-OH is 1. The standard InChI is InChI=1S/C34H46N2O7/c1-21(2)20-43-30-18-23(16-28(40)33(30)41)8-11-27(39)32(26(38)10-7-22-6-9-25(37)29(17-22)42-3)34(13-4-5-14-34)24-12-15-36-31(35)19-24/h6,9,12,16-19,21,26,32,36-38,40-41H,4-5,7-8,10-11,13-15,20,35H2,1-3H3/t26-,32-/m1/s1. The van der Waals surface area contributed by atoms with E-state index < -0.39 is 17.4 Å². The Kier molecular flexibility index (Phi) is 10.5. The predicted octanol–water partition coefficient (Wildman–Crippen LogP) is 4.85. The van der Waals surface area contributed by atoms with Crippen molar-refractivity contribution in [1.82, 2.24) is 5.32 Å². The molecule has 9 nitrogen and oxygen atoms in total. The molecule has 7 N–H and O–H groups in total. The fraction of sp³-hybridized carbons (Fsp3) is 0.500. The quantitative estimate of drug-likeness (QED) is 0.168. The van der Waals surface area contributed by atoms with Gasteiger partial charge >= 0.3 is 0 Å². The third-order valence-corrected chi connectivity index (χ3v) is 8.66. The van der Waals surface area contributed by atoms with E-state index in [4.69, 9.17) is 15.2 Å². The van der Waals surface area contributed by atoms with Crippen molar-refractivity contribution in [2.45, 2.75) is 71.3 Å². The van der Waals surface area contributed by atoms with Gasteiger partial charge in [-0.05, 0) is 85.1 Å². The Hall–Kier alpha value is -3.85. The van der Waals surface area contributed by atoms with Crippen LogP contribution < -0.4 is 20.5 Å². The summed E-state index contributed by atoms with van der Waals surface area (Å²) in [7, 11) is 1.49. The smallest absolute Gasteiger partial charge is 0.200 e. The zero-order valence-electron chi connectivity index (χ0n) is 25.4. The van der Waals surface area contributed by atoms with Gasteiger partial charge in [0.25, 0.3) is 0 Å². The molecule has 9 heteroatoms. The number of aryl methyl sites for hydroxylation is 2. The number of methoxy groups -OCH3 is 1. The summed E-state index contributed by atoms with van der Waals surface area (Å²) in [4.78, 5) is 14.2. The number of ketones is 1. The van der Waals surface area contributed by atoms with Gasteiger partial charge in [0, 0.05) is 18.4 Å². The first kappa shape index (κ1) is 32.1. The van der Waals surface area contributed by atoms with E-state index in [1.807, 2.05) is 19.9 Å². The highest BCUT2D eigenvalue weighted by molar-refractivity contribution is 5.83. The number of nitrogens with one attached hydrogen (secondary N) is 1. The molecule has 234 valence electrons. The topological polar surface area (TPSA) is 154 Å². The number of allylic oxidation sites excluding steroid dienone is 2. The summed E-state index contributed by atoms with van der Waals surface area (Å²) >= 11 is 0. The maximum absolute atomic E-state index is 14.2. The molecule has 2 aliphatic rings. The van der Waals surface area contributed by atoms with Crippen molar-refractivity contribution in [2.24, 2.45) is 23.0 Å². The van der Waals surface area contributed by atoms with Gasteiger partial charge in [-0.3, -0.25) is 4.79 Å². The van der Waals surface area contributed by atoms with Crippen LogP contribution in [0.2, 0.25) is 0 Å². The van der Waals surface area contributed by atoms with E-state index >= 15 is 0 Å². The lowest BCUT2D eigenvalue weighted by atomic mass is 9.63. The van der Waals surface area contributed by atoms with Gasteiger partial charge < -0.3 is 41.0 Å². The number of hydrogen-bond donors (Lipinski definition) is 6. The first-order chi connectivity index (χ1) is 20.5. The number of dihydropyridines is 1. The molecule has 2 atom stereocenters. The lowest BCUT2D eigenvalue weighted by Gasteiger charge is -2.42. The number of benzene rings is 2. The number of aromatic hydroxyl groups is 3. The number of phenols is 3. The second kappa shape index (κ2) is 14.1. The zero-order chi connectivity index (χ0) is 31.1. The molecular formula is C34H46N2O7.